The molecule has 0 aliphatic rings. The van der Waals surface area contributed by atoms with Crippen LogP contribution >= 0.6 is 15.9 Å². The van der Waals surface area contributed by atoms with Gasteiger partial charge >= 0.3 is 0 Å². The molecule has 1 aromatic carbocycles. The SMILES string of the molecule is NCCCn1ccnc1Cc1ccc(Br)cc1. The third-order valence-electron chi connectivity index (χ3n) is 2.68. The molecule has 0 saturated heterocycles. The van der Waals surface area contributed by atoms with Crippen molar-refractivity contribution in [2.24, 2.45) is 5.73 Å². The molecule has 4 heteroatoms. The fraction of sp³-hybridized carbons (Fsp3) is 0.308. The van der Waals surface area contributed by atoms with Crippen LogP contribution in [0.4, 0.5) is 0 Å². The van der Waals surface area contributed by atoms with Gasteiger partial charge in [0.25, 0.3) is 0 Å². The zero-order valence-electron chi connectivity index (χ0n) is 9.64. The van der Waals surface area contributed by atoms with E-state index in [1.165, 1.54) is 5.56 Å². The van der Waals surface area contributed by atoms with Crippen molar-refractivity contribution in [1.29, 1.82) is 0 Å². The number of nitrogens with zero attached hydrogens (tertiary/aromatic N) is 2. The molecule has 3 nitrogen and oxygen atoms in total. The van der Waals surface area contributed by atoms with Crippen LogP contribution in [0.1, 0.15) is 17.8 Å². The molecule has 90 valence electrons. The standard InChI is InChI=1S/C13H16BrN3/c14-12-4-2-11(3-5-12)10-13-16-7-9-17(13)8-1-6-15/h2-5,7,9H,1,6,8,10,15H2. The van der Waals surface area contributed by atoms with Crippen molar-refractivity contribution in [3.8, 4) is 0 Å². The summed E-state index contributed by atoms with van der Waals surface area (Å²) in [7, 11) is 0. The molecule has 2 rings (SSSR count). The van der Waals surface area contributed by atoms with Gasteiger partial charge in [-0.15, -0.1) is 0 Å². The highest BCUT2D eigenvalue weighted by atomic mass is 79.9. The molecule has 0 aliphatic carbocycles. The van der Waals surface area contributed by atoms with Crippen LogP contribution in [-0.2, 0) is 13.0 Å². The van der Waals surface area contributed by atoms with Crippen molar-refractivity contribution in [1.82, 2.24) is 9.55 Å². The Labute approximate surface area is 110 Å². The number of nitrogens with two attached hydrogens (primary N) is 1. The van der Waals surface area contributed by atoms with Crippen molar-refractivity contribution in [2.75, 3.05) is 6.54 Å². The summed E-state index contributed by atoms with van der Waals surface area (Å²) in [4.78, 5) is 4.40. The number of imidazole rings is 1. The second-order valence-corrected chi connectivity index (χ2v) is 4.90. The number of hydrogen-bond donors (Lipinski definition) is 1. The van der Waals surface area contributed by atoms with E-state index >= 15 is 0 Å². The molecule has 2 N–H and O–H groups in total. The summed E-state index contributed by atoms with van der Waals surface area (Å²) < 4.78 is 3.28. The zero-order valence-corrected chi connectivity index (χ0v) is 11.2. The largest absolute Gasteiger partial charge is 0.335 e. The Balaban J connectivity index is 2.07. The molecule has 17 heavy (non-hydrogen) atoms. The summed E-state index contributed by atoms with van der Waals surface area (Å²) in [5.74, 6) is 1.10. The molecule has 0 amide bonds. The lowest BCUT2D eigenvalue weighted by atomic mass is 10.1. The first kappa shape index (κ1) is 12.3. The second kappa shape index (κ2) is 5.98. The van der Waals surface area contributed by atoms with Crippen LogP contribution in [-0.4, -0.2) is 16.1 Å². The number of halogens is 1. The quantitative estimate of drug-likeness (QED) is 0.921. The van der Waals surface area contributed by atoms with Crippen LogP contribution < -0.4 is 5.73 Å². The Hall–Kier alpha value is -1.13. The summed E-state index contributed by atoms with van der Waals surface area (Å²) >= 11 is 3.44. The molecule has 0 aliphatic heterocycles. The van der Waals surface area contributed by atoms with Gasteiger partial charge in [0.15, 0.2) is 0 Å². The first-order valence-electron chi connectivity index (χ1n) is 5.74. The van der Waals surface area contributed by atoms with Crippen LogP contribution in [0.15, 0.2) is 41.1 Å². The van der Waals surface area contributed by atoms with Crippen LogP contribution in [0.5, 0.6) is 0 Å². The fourth-order valence-corrected chi connectivity index (χ4v) is 2.02. The van der Waals surface area contributed by atoms with Crippen LogP contribution in [0.2, 0.25) is 0 Å². The maximum Gasteiger partial charge on any atom is 0.113 e. The molecular weight excluding hydrogens is 278 g/mol. The van der Waals surface area contributed by atoms with E-state index in [0.717, 1.165) is 36.2 Å². The van der Waals surface area contributed by atoms with E-state index in [1.807, 2.05) is 12.4 Å². The molecular formula is C13H16BrN3. The minimum Gasteiger partial charge on any atom is -0.335 e. The highest BCUT2D eigenvalue weighted by Gasteiger charge is 2.03. The number of rotatable bonds is 5. The van der Waals surface area contributed by atoms with Gasteiger partial charge in [-0.3, -0.25) is 0 Å². The predicted molar refractivity (Wildman–Crippen MR) is 72.8 cm³/mol. The maximum atomic E-state index is 5.53. The Morgan fingerprint density at radius 3 is 2.71 bits per heavy atom. The fourth-order valence-electron chi connectivity index (χ4n) is 1.76. The first-order chi connectivity index (χ1) is 8.29. The lowest BCUT2D eigenvalue weighted by Gasteiger charge is -2.07. The Morgan fingerprint density at radius 1 is 1.24 bits per heavy atom. The molecule has 2 aromatic rings. The van der Waals surface area contributed by atoms with Crippen molar-refractivity contribution in [3.63, 3.8) is 0 Å². The van der Waals surface area contributed by atoms with Gasteiger partial charge in [-0.2, -0.15) is 0 Å². The molecule has 0 radical (unpaired) electrons. The third-order valence-corrected chi connectivity index (χ3v) is 3.21. The van der Waals surface area contributed by atoms with Crippen molar-refractivity contribution < 1.29 is 0 Å². The van der Waals surface area contributed by atoms with Gasteiger partial charge in [0.1, 0.15) is 5.82 Å². The van der Waals surface area contributed by atoms with Gasteiger partial charge in [0.05, 0.1) is 0 Å². The third kappa shape index (κ3) is 3.41. The number of hydrogen-bond acceptors (Lipinski definition) is 2. The minimum absolute atomic E-state index is 0.718. The highest BCUT2D eigenvalue weighted by molar-refractivity contribution is 9.10. The van der Waals surface area contributed by atoms with Crippen LogP contribution in [0, 0.1) is 0 Å². The Kier molecular flexibility index (Phi) is 4.34. The summed E-state index contributed by atoms with van der Waals surface area (Å²) in [5, 5.41) is 0. The number of aromatic nitrogens is 2. The molecule has 1 aromatic heterocycles. The highest BCUT2D eigenvalue weighted by Crippen LogP contribution is 2.13. The van der Waals surface area contributed by atoms with E-state index in [-0.39, 0.29) is 0 Å². The average molecular weight is 294 g/mol. The van der Waals surface area contributed by atoms with Gasteiger partial charge in [0.2, 0.25) is 0 Å². The van der Waals surface area contributed by atoms with E-state index in [1.54, 1.807) is 0 Å². The molecule has 0 spiro atoms. The van der Waals surface area contributed by atoms with E-state index < -0.39 is 0 Å². The molecule has 0 unspecified atom stereocenters. The summed E-state index contributed by atoms with van der Waals surface area (Å²) in [6.45, 7) is 1.66. The Bertz CT molecular complexity index is 462. The lowest BCUT2D eigenvalue weighted by molar-refractivity contribution is 0.624. The zero-order chi connectivity index (χ0) is 12.1. The van der Waals surface area contributed by atoms with E-state index in [4.69, 9.17) is 5.73 Å². The van der Waals surface area contributed by atoms with Gasteiger partial charge in [-0.1, -0.05) is 28.1 Å². The predicted octanol–water partition coefficient (Wildman–Crippen LogP) is 2.59. The van der Waals surface area contributed by atoms with Crippen molar-refractivity contribution >= 4 is 15.9 Å². The van der Waals surface area contributed by atoms with Crippen molar-refractivity contribution in [3.05, 3.63) is 52.5 Å². The maximum absolute atomic E-state index is 5.53. The van der Waals surface area contributed by atoms with Gasteiger partial charge in [-0.05, 0) is 30.7 Å². The average Bonchev–Trinajstić information content (AvgIpc) is 2.77. The van der Waals surface area contributed by atoms with Gasteiger partial charge in [-0.25, -0.2) is 4.98 Å². The van der Waals surface area contributed by atoms with Crippen LogP contribution in [0.25, 0.3) is 0 Å². The van der Waals surface area contributed by atoms with E-state index in [9.17, 15) is 0 Å². The molecule has 0 atom stereocenters. The topological polar surface area (TPSA) is 43.8 Å². The summed E-state index contributed by atoms with van der Waals surface area (Å²) in [5.41, 5.74) is 6.80. The van der Waals surface area contributed by atoms with Crippen LogP contribution in [0.3, 0.4) is 0 Å². The molecule has 0 fully saturated rings. The number of aryl methyl sites for hydroxylation is 1. The minimum atomic E-state index is 0.718. The second-order valence-electron chi connectivity index (χ2n) is 3.98. The number of benzene rings is 1. The molecule has 0 bridgehead atoms. The smallest absolute Gasteiger partial charge is 0.113 e. The van der Waals surface area contributed by atoms with Gasteiger partial charge in [0, 0.05) is 29.8 Å². The lowest BCUT2D eigenvalue weighted by Crippen LogP contribution is -2.08. The monoisotopic (exact) mass is 293 g/mol. The molecule has 0 saturated carbocycles. The van der Waals surface area contributed by atoms with Crippen molar-refractivity contribution in [2.45, 2.75) is 19.4 Å². The van der Waals surface area contributed by atoms with Gasteiger partial charge < -0.3 is 10.3 Å². The first-order valence-corrected chi connectivity index (χ1v) is 6.53. The summed E-state index contributed by atoms with van der Waals surface area (Å²) in [6.07, 6.45) is 5.73. The van der Waals surface area contributed by atoms with E-state index in [0.29, 0.717) is 0 Å². The Morgan fingerprint density at radius 2 is 2.00 bits per heavy atom. The summed E-state index contributed by atoms with van der Waals surface area (Å²) in [6, 6.07) is 8.35. The van der Waals surface area contributed by atoms with E-state index in [2.05, 4.69) is 49.7 Å². The molecule has 1 heterocycles. The normalized spacial score (nSPS) is 10.7.